The molecule has 0 saturated heterocycles. The Morgan fingerprint density at radius 1 is 1.10 bits per heavy atom. The van der Waals surface area contributed by atoms with E-state index in [9.17, 15) is 0 Å². The lowest BCUT2D eigenvalue weighted by Gasteiger charge is -2.02. The minimum atomic E-state index is 0.686. The number of fused-ring (bicyclic) bond motifs is 1. The number of oxazole rings is 1. The number of para-hydroxylation sites is 2. The van der Waals surface area contributed by atoms with E-state index in [1.165, 1.54) is 5.56 Å². The van der Waals surface area contributed by atoms with Gasteiger partial charge >= 0.3 is 0 Å². The summed E-state index contributed by atoms with van der Waals surface area (Å²) in [6.07, 6.45) is 0. The second-order valence-corrected chi connectivity index (χ2v) is 5.50. The largest absolute Gasteiger partial charge is 0.431 e. The van der Waals surface area contributed by atoms with Crippen LogP contribution in [0.5, 0.6) is 0 Å². The lowest BCUT2D eigenvalue weighted by molar-refractivity contribution is 0.489. The molecule has 0 bridgehead atoms. The molecule has 0 aliphatic rings. The lowest BCUT2D eigenvalue weighted by atomic mass is 10.2. The average Bonchev–Trinajstić information content (AvgIpc) is 2.89. The predicted octanol–water partition coefficient (Wildman–Crippen LogP) is 4.09. The number of nitrogens with zero attached hydrogens (tertiary/aromatic N) is 1. The Labute approximate surface area is 122 Å². The molecule has 2 aromatic carbocycles. The number of aromatic nitrogens is 1. The van der Waals surface area contributed by atoms with E-state index in [0.29, 0.717) is 5.22 Å². The maximum absolute atomic E-state index is 5.71. The van der Waals surface area contributed by atoms with Gasteiger partial charge < -0.3 is 9.73 Å². The molecular formula is C16H16N2OS. The molecule has 0 fully saturated rings. The van der Waals surface area contributed by atoms with Crippen LogP contribution in [0.3, 0.4) is 0 Å². The van der Waals surface area contributed by atoms with Crippen LogP contribution in [0, 0.1) is 0 Å². The normalized spacial score (nSPS) is 11.1. The van der Waals surface area contributed by atoms with E-state index in [4.69, 9.17) is 4.42 Å². The number of hydrogen-bond acceptors (Lipinski definition) is 4. The first-order valence-corrected chi connectivity index (χ1v) is 7.50. The molecule has 0 unspecified atom stereocenters. The first-order chi connectivity index (χ1) is 9.85. The molecule has 0 aliphatic heterocycles. The predicted molar refractivity (Wildman–Crippen MR) is 82.0 cm³/mol. The van der Waals surface area contributed by atoms with Crippen LogP contribution in [0.1, 0.15) is 12.5 Å². The van der Waals surface area contributed by atoms with Crippen molar-refractivity contribution < 1.29 is 4.42 Å². The molecule has 4 heteroatoms. The van der Waals surface area contributed by atoms with Crippen molar-refractivity contribution in [2.24, 2.45) is 0 Å². The van der Waals surface area contributed by atoms with Gasteiger partial charge in [0.2, 0.25) is 0 Å². The Bertz CT molecular complexity index is 658. The van der Waals surface area contributed by atoms with Gasteiger partial charge in [-0.15, -0.1) is 0 Å². The third kappa shape index (κ3) is 3.03. The van der Waals surface area contributed by atoms with Crippen molar-refractivity contribution in [2.45, 2.75) is 23.6 Å². The van der Waals surface area contributed by atoms with Crippen LogP contribution in [0.2, 0.25) is 0 Å². The zero-order valence-electron chi connectivity index (χ0n) is 11.3. The molecular weight excluding hydrogens is 268 g/mol. The monoisotopic (exact) mass is 284 g/mol. The fourth-order valence-electron chi connectivity index (χ4n) is 1.94. The van der Waals surface area contributed by atoms with E-state index in [0.717, 1.165) is 29.1 Å². The molecule has 0 radical (unpaired) electrons. The SMILES string of the molecule is CCNCc1ccc(Sc2nc3ccccc3o2)cc1. The van der Waals surface area contributed by atoms with Crippen molar-refractivity contribution in [3.05, 3.63) is 54.1 Å². The van der Waals surface area contributed by atoms with Gasteiger partial charge in [-0.2, -0.15) is 0 Å². The van der Waals surface area contributed by atoms with Crippen LogP contribution in [-0.4, -0.2) is 11.5 Å². The Balaban J connectivity index is 1.73. The van der Waals surface area contributed by atoms with Crippen LogP contribution in [0.25, 0.3) is 11.1 Å². The highest BCUT2D eigenvalue weighted by Gasteiger charge is 2.06. The summed E-state index contributed by atoms with van der Waals surface area (Å²) in [5.74, 6) is 0. The summed E-state index contributed by atoms with van der Waals surface area (Å²) in [6.45, 7) is 4.00. The summed E-state index contributed by atoms with van der Waals surface area (Å²) in [5, 5.41) is 4.00. The highest BCUT2D eigenvalue weighted by atomic mass is 32.2. The second kappa shape index (κ2) is 6.11. The summed E-state index contributed by atoms with van der Waals surface area (Å²) in [6, 6.07) is 16.3. The zero-order valence-corrected chi connectivity index (χ0v) is 12.1. The highest BCUT2D eigenvalue weighted by molar-refractivity contribution is 7.99. The van der Waals surface area contributed by atoms with Gasteiger partial charge in [-0.25, -0.2) is 4.98 Å². The number of hydrogen-bond donors (Lipinski definition) is 1. The topological polar surface area (TPSA) is 38.1 Å². The highest BCUT2D eigenvalue weighted by Crippen LogP contribution is 2.29. The van der Waals surface area contributed by atoms with E-state index in [1.807, 2.05) is 24.3 Å². The van der Waals surface area contributed by atoms with Crippen molar-refractivity contribution in [3.63, 3.8) is 0 Å². The van der Waals surface area contributed by atoms with Crippen LogP contribution in [0.4, 0.5) is 0 Å². The van der Waals surface area contributed by atoms with Crippen molar-refractivity contribution >= 4 is 22.9 Å². The molecule has 20 heavy (non-hydrogen) atoms. The Hall–Kier alpha value is -1.78. The van der Waals surface area contributed by atoms with Gasteiger partial charge in [-0.3, -0.25) is 0 Å². The summed E-state index contributed by atoms with van der Waals surface area (Å²) < 4.78 is 5.71. The molecule has 3 nitrogen and oxygen atoms in total. The van der Waals surface area contributed by atoms with Crippen molar-refractivity contribution in [2.75, 3.05) is 6.54 Å². The van der Waals surface area contributed by atoms with Gasteiger partial charge in [-0.1, -0.05) is 31.2 Å². The number of benzene rings is 2. The smallest absolute Gasteiger partial charge is 0.261 e. The molecule has 0 saturated carbocycles. The Morgan fingerprint density at radius 3 is 2.65 bits per heavy atom. The van der Waals surface area contributed by atoms with Crippen LogP contribution in [-0.2, 0) is 6.54 Å². The van der Waals surface area contributed by atoms with Crippen LogP contribution >= 0.6 is 11.8 Å². The standard InChI is InChI=1S/C16H16N2OS/c1-2-17-11-12-7-9-13(10-8-12)20-16-18-14-5-3-4-6-15(14)19-16/h3-10,17H,2,11H2,1H3. The van der Waals surface area contributed by atoms with E-state index in [-0.39, 0.29) is 0 Å². The molecule has 3 aromatic rings. The summed E-state index contributed by atoms with van der Waals surface area (Å²) in [4.78, 5) is 5.60. The Morgan fingerprint density at radius 2 is 1.90 bits per heavy atom. The first kappa shape index (κ1) is 13.2. The average molecular weight is 284 g/mol. The van der Waals surface area contributed by atoms with E-state index in [2.05, 4.69) is 41.5 Å². The van der Waals surface area contributed by atoms with Gasteiger partial charge in [-0.05, 0) is 48.1 Å². The zero-order chi connectivity index (χ0) is 13.8. The summed E-state index contributed by atoms with van der Waals surface area (Å²) >= 11 is 1.55. The Kier molecular flexibility index (Phi) is 4.04. The molecule has 0 spiro atoms. The van der Waals surface area contributed by atoms with Crippen LogP contribution < -0.4 is 5.32 Å². The molecule has 3 rings (SSSR count). The minimum absolute atomic E-state index is 0.686. The third-order valence-corrected chi connectivity index (χ3v) is 3.84. The maximum atomic E-state index is 5.71. The third-order valence-electron chi connectivity index (χ3n) is 2.98. The second-order valence-electron chi connectivity index (χ2n) is 4.47. The fraction of sp³-hybridized carbons (Fsp3) is 0.188. The van der Waals surface area contributed by atoms with Gasteiger partial charge in [0.25, 0.3) is 5.22 Å². The van der Waals surface area contributed by atoms with Gasteiger partial charge in [0, 0.05) is 11.4 Å². The van der Waals surface area contributed by atoms with Crippen LogP contribution in [0.15, 0.2) is 63.1 Å². The fourth-order valence-corrected chi connectivity index (χ4v) is 2.69. The molecule has 1 aromatic heterocycles. The summed E-state index contributed by atoms with van der Waals surface area (Å²) in [7, 11) is 0. The van der Waals surface area contributed by atoms with E-state index >= 15 is 0 Å². The van der Waals surface area contributed by atoms with Crippen molar-refractivity contribution in [3.8, 4) is 0 Å². The summed E-state index contributed by atoms with van der Waals surface area (Å²) in [5.41, 5.74) is 3.02. The van der Waals surface area contributed by atoms with E-state index < -0.39 is 0 Å². The maximum Gasteiger partial charge on any atom is 0.261 e. The lowest BCUT2D eigenvalue weighted by Crippen LogP contribution is -2.11. The van der Waals surface area contributed by atoms with Gasteiger partial charge in [0.15, 0.2) is 5.58 Å². The quantitative estimate of drug-likeness (QED) is 0.766. The van der Waals surface area contributed by atoms with E-state index in [1.54, 1.807) is 11.8 Å². The van der Waals surface area contributed by atoms with Gasteiger partial charge in [0.1, 0.15) is 5.52 Å². The molecule has 0 atom stereocenters. The van der Waals surface area contributed by atoms with Gasteiger partial charge in [0.05, 0.1) is 0 Å². The van der Waals surface area contributed by atoms with Crippen molar-refractivity contribution in [1.82, 2.24) is 10.3 Å². The number of rotatable bonds is 5. The first-order valence-electron chi connectivity index (χ1n) is 6.68. The molecule has 0 amide bonds. The molecule has 1 heterocycles. The minimum Gasteiger partial charge on any atom is -0.431 e. The van der Waals surface area contributed by atoms with Crippen molar-refractivity contribution in [1.29, 1.82) is 0 Å². The molecule has 0 aliphatic carbocycles. The number of nitrogens with one attached hydrogen (secondary N) is 1. The molecule has 102 valence electrons. The molecule has 1 N–H and O–H groups in total.